The van der Waals surface area contributed by atoms with Gasteiger partial charge in [0.1, 0.15) is 0 Å². The molecule has 0 saturated heterocycles. The summed E-state index contributed by atoms with van der Waals surface area (Å²) in [4.78, 5) is 26.3. The molecular formula is C36H39ClN2O5S. The molecule has 0 saturated carbocycles. The van der Waals surface area contributed by atoms with E-state index in [0.717, 1.165) is 33.4 Å². The topological polar surface area (TPSA) is 113 Å². The molecule has 0 aliphatic rings. The fourth-order valence-electron chi connectivity index (χ4n) is 5.20. The van der Waals surface area contributed by atoms with Gasteiger partial charge in [-0.25, -0.2) is 0 Å². The van der Waals surface area contributed by atoms with Gasteiger partial charge < -0.3 is 10.6 Å². The summed E-state index contributed by atoms with van der Waals surface area (Å²) in [5.74, 6) is -1.68. The lowest BCUT2D eigenvalue weighted by Gasteiger charge is -2.22. The van der Waals surface area contributed by atoms with E-state index in [4.69, 9.17) is 16.2 Å². The van der Waals surface area contributed by atoms with E-state index in [9.17, 15) is 18.0 Å². The van der Waals surface area contributed by atoms with Crippen molar-refractivity contribution in [2.75, 3.05) is 17.6 Å². The number of carbonyl (C=O) groups excluding carboxylic acids is 2. The summed E-state index contributed by atoms with van der Waals surface area (Å²) in [5.41, 5.74) is 8.15. The predicted octanol–water partition coefficient (Wildman–Crippen LogP) is 7.50. The Morgan fingerprint density at radius 3 is 2.00 bits per heavy atom. The number of aryl methyl sites for hydroxylation is 2. The lowest BCUT2D eigenvalue weighted by molar-refractivity contribution is -0.117. The highest BCUT2D eigenvalue weighted by molar-refractivity contribution is 7.85. The van der Waals surface area contributed by atoms with Crippen LogP contribution in [0, 0.1) is 13.8 Å². The Kier molecular flexibility index (Phi) is 10.5. The minimum Gasteiger partial charge on any atom is -0.351 e. The van der Waals surface area contributed by atoms with Crippen LogP contribution in [0.15, 0.2) is 84.9 Å². The Labute approximate surface area is 270 Å². The van der Waals surface area contributed by atoms with Crippen molar-refractivity contribution in [2.45, 2.75) is 52.4 Å². The van der Waals surface area contributed by atoms with Crippen molar-refractivity contribution < 1.29 is 22.6 Å². The average molecular weight is 647 g/mol. The van der Waals surface area contributed by atoms with Gasteiger partial charge in [-0.15, -0.1) is 0 Å². The van der Waals surface area contributed by atoms with E-state index < -0.39 is 27.7 Å². The van der Waals surface area contributed by atoms with Crippen molar-refractivity contribution in [1.29, 1.82) is 0 Å². The number of hydrogen-bond donors (Lipinski definition) is 3. The molecule has 0 spiro atoms. The van der Waals surface area contributed by atoms with Crippen molar-refractivity contribution in [1.82, 2.24) is 5.32 Å². The molecular weight excluding hydrogens is 608 g/mol. The van der Waals surface area contributed by atoms with Gasteiger partial charge in [-0.05, 0) is 101 Å². The standard InChI is InChI=1S/C36H39ClN2O5S/c1-23-20-29(37)14-16-31(23)32-17-15-30(21-24(32)2)39-35(41)33(26-10-12-28(13-11-26)36(3,4)5)22-25-6-8-27(9-7-25)34(40)38-18-19-45(42,43)44/h6-17,20-21,33H,18-19,22H2,1-5H3,(H,38,40)(H,39,41)(H,42,43,44). The zero-order valence-corrected chi connectivity index (χ0v) is 27.7. The lowest BCUT2D eigenvalue weighted by Crippen LogP contribution is -2.28. The number of benzene rings is 4. The number of hydrogen-bond acceptors (Lipinski definition) is 4. The normalized spacial score (nSPS) is 12.4. The summed E-state index contributed by atoms with van der Waals surface area (Å²) < 4.78 is 30.7. The monoisotopic (exact) mass is 646 g/mol. The van der Waals surface area contributed by atoms with Gasteiger partial charge in [0, 0.05) is 22.8 Å². The van der Waals surface area contributed by atoms with E-state index in [1.165, 1.54) is 5.56 Å². The number of carbonyl (C=O) groups is 2. The van der Waals surface area contributed by atoms with Crippen LogP contribution in [0.1, 0.15) is 64.9 Å². The predicted molar refractivity (Wildman–Crippen MR) is 182 cm³/mol. The number of anilines is 1. The zero-order valence-electron chi connectivity index (χ0n) is 26.1. The van der Waals surface area contributed by atoms with Crippen LogP contribution < -0.4 is 10.6 Å². The highest BCUT2D eigenvalue weighted by Gasteiger charge is 2.23. The van der Waals surface area contributed by atoms with Gasteiger partial charge in [0.05, 0.1) is 11.7 Å². The average Bonchev–Trinajstić information content (AvgIpc) is 2.96. The van der Waals surface area contributed by atoms with Crippen LogP contribution in [-0.2, 0) is 26.7 Å². The molecule has 7 nitrogen and oxygen atoms in total. The Bertz CT molecular complexity index is 1800. The molecule has 1 unspecified atom stereocenters. The van der Waals surface area contributed by atoms with Crippen LogP contribution in [0.25, 0.3) is 11.1 Å². The van der Waals surface area contributed by atoms with E-state index in [-0.39, 0.29) is 17.9 Å². The molecule has 0 fully saturated rings. The third kappa shape index (κ3) is 9.26. The summed E-state index contributed by atoms with van der Waals surface area (Å²) in [6.45, 7) is 10.3. The number of rotatable bonds is 10. The van der Waals surface area contributed by atoms with Crippen LogP contribution in [0.3, 0.4) is 0 Å². The molecule has 0 radical (unpaired) electrons. The first kappa shape index (κ1) is 33.9. The fraction of sp³-hybridized carbons (Fsp3) is 0.278. The molecule has 45 heavy (non-hydrogen) atoms. The SMILES string of the molecule is Cc1cc(Cl)ccc1-c1ccc(NC(=O)C(Cc2ccc(C(=O)NCCS(=O)(=O)O)cc2)c2ccc(C(C)(C)C)cc2)cc1C. The molecule has 1 atom stereocenters. The van der Waals surface area contributed by atoms with E-state index in [2.05, 4.69) is 43.5 Å². The second kappa shape index (κ2) is 14.0. The maximum absolute atomic E-state index is 13.9. The summed E-state index contributed by atoms with van der Waals surface area (Å²) in [7, 11) is -4.17. The third-order valence-corrected chi connectivity index (χ3v) is 8.72. The van der Waals surface area contributed by atoms with Crippen LogP contribution in [0.4, 0.5) is 5.69 Å². The zero-order chi connectivity index (χ0) is 32.9. The molecule has 4 aromatic carbocycles. The summed E-state index contributed by atoms with van der Waals surface area (Å²) >= 11 is 6.16. The highest BCUT2D eigenvalue weighted by atomic mass is 35.5. The van der Waals surface area contributed by atoms with Crippen molar-refractivity contribution in [2.24, 2.45) is 0 Å². The van der Waals surface area contributed by atoms with Gasteiger partial charge in [-0.1, -0.05) is 80.9 Å². The number of nitrogens with one attached hydrogen (secondary N) is 2. The minimum absolute atomic E-state index is 0.0320. The van der Waals surface area contributed by atoms with Gasteiger partial charge in [-0.2, -0.15) is 8.42 Å². The molecule has 2 amide bonds. The molecule has 0 heterocycles. The van der Waals surface area contributed by atoms with Gasteiger partial charge in [0.25, 0.3) is 16.0 Å². The molecule has 0 aliphatic carbocycles. The summed E-state index contributed by atoms with van der Waals surface area (Å²) in [5, 5.41) is 6.29. The van der Waals surface area contributed by atoms with E-state index in [0.29, 0.717) is 22.7 Å². The molecule has 0 aromatic heterocycles. The number of halogens is 1. The highest BCUT2D eigenvalue weighted by Crippen LogP contribution is 2.32. The fourth-order valence-corrected chi connectivity index (χ4v) is 5.79. The lowest BCUT2D eigenvalue weighted by atomic mass is 9.84. The van der Waals surface area contributed by atoms with Crippen LogP contribution in [0.5, 0.6) is 0 Å². The molecule has 236 valence electrons. The van der Waals surface area contributed by atoms with Gasteiger partial charge in [0.15, 0.2) is 0 Å². The van der Waals surface area contributed by atoms with Gasteiger partial charge in [0.2, 0.25) is 5.91 Å². The first-order valence-electron chi connectivity index (χ1n) is 14.7. The van der Waals surface area contributed by atoms with E-state index in [1.807, 2.05) is 62.4 Å². The summed E-state index contributed by atoms with van der Waals surface area (Å²) in [6.07, 6.45) is 0.395. The van der Waals surface area contributed by atoms with Crippen molar-refractivity contribution in [3.8, 4) is 11.1 Å². The van der Waals surface area contributed by atoms with E-state index in [1.54, 1.807) is 24.3 Å². The number of amides is 2. The van der Waals surface area contributed by atoms with Crippen molar-refractivity contribution >= 4 is 39.2 Å². The second-order valence-electron chi connectivity index (χ2n) is 12.3. The van der Waals surface area contributed by atoms with Crippen molar-refractivity contribution in [3.05, 3.63) is 123 Å². The molecule has 0 aliphatic heterocycles. The Morgan fingerprint density at radius 2 is 1.44 bits per heavy atom. The first-order chi connectivity index (χ1) is 21.1. The molecule has 0 bridgehead atoms. The molecule has 9 heteroatoms. The quantitative estimate of drug-likeness (QED) is 0.154. The summed E-state index contributed by atoms with van der Waals surface area (Å²) in [6, 6.07) is 26.7. The second-order valence-corrected chi connectivity index (χ2v) is 14.4. The Balaban J connectivity index is 1.56. The molecule has 3 N–H and O–H groups in total. The van der Waals surface area contributed by atoms with E-state index >= 15 is 0 Å². The van der Waals surface area contributed by atoms with Crippen LogP contribution in [0.2, 0.25) is 5.02 Å². The smallest absolute Gasteiger partial charge is 0.266 e. The maximum Gasteiger partial charge on any atom is 0.266 e. The van der Waals surface area contributed by atoms with Crippen molar-refractivity contribution in [3.63, 3.8) is 0 Å². The minimum atomic E-state index is -4.17. The van der Waals surface area contributed by atoms with Gasteiger partial charge >= 0.3 is 0 Å². The van der Waals surface area contributed by atoms with Crippen LogP contribution in [-0.4, -0.2) is 37.1 Å². The van der Waals surface area contributed by atoms with Crippen LogP contribution >= 0.6 is 11.6 Å². The first-order valence-corrected chi connectivity index (χ1v) is 16.7. The Hall–Kier alpha value is -3.98. The van der Waals surface area contributed by atoms with Gasteiger partial charge in [-0.3, -0.25) is 14.1 Å². The molecule has 4 rings (SSSR count). The third-order valence-electron chi connectivity index (χ3n) is 7.77. The molecule has 4 aromatic rings. The largest absolute Gasteiger partial charge is 0.351 e. The Morgan fingerprint density at radius 1 is 0.844 bits per heavy atom. The maximum atomic E-state index is 13.9.